The van der Waals surface area contributed by atoms with Gasteiger partial charge in [0.15, 0.2) is 14.4 Å². The summed E-state index contributed by atoms with van der Waals surface area (Å²) in [5, 5.41) is 5.33. The molecular weight excluding hydrogens is 512 g/mol. The van der Waals surface area contributed by atoms with Crippen molar-refractivity contribution < 1.29 is 31.3 Å². The average Bonchev–Trinajstić information content (AvgIpc) is 3.22. The molecular formula is C26H40N2O7SSi. The number of carbonyl (C=O) groups is 1. The Morgan fingerprint density at radius 2 is 1.89 bits per heavy atom. The molecule has 1 aliphatic heterocycles. The number of hydrogen-bond acceptors (Lipinski definition) is 8. The summed E-state index contributed by atoms with van der Waals surface area (Å²) in [4.78, 5) is 12.6. The van der Waals surface area contributed by atoms with Crippen molar-refractivity contribution in [2.24, 2.45) is 11.0 Å². The molecule has 0 bridgehead atoms. The monoisotopic (exact) mass is 552 g/mol. The fraction of sp³-hybridized carbons (Fsp3) is 0.615. The molecule has 0 aliphatic carbocycles. The Kier molecular flexibility index (Phi) is 11.3. The van der Waals surface area contributed by atoms with Gasteiger partial charge < -0.3 is 13.9 Å². The second-order valence-electron chi connectivity index (χ2n) is 10.4. The third kappa shape index (κ3) is 9.87. The molecule has 3 atom stereocenters. The highest BCUT2D eigenvalue weighted by molar-refractivity contribution is 7.86. The van der Waals surface area contributed by atoms with E-state index in [1.807, 2.05) is 30.3 Å². The molecule has 37 heavy (non-hydrogen) atoms. The second kappa shape index (κ2) is 13.5. The summed E-state index contributed by atoms with van der Waals surface area (Å²) in [5.74, 6) is 5.45. The zero-order chi connectivity index (χ0) is 27.7. The van der Waals surface area contributed by atoms with Gasteiger partial charge in [0.2, 0.25) is 0 Å². The van der Waals surface area contributed by atoms with Crippen LogP contribution in [0.4, 0.5) is 4.79 Å². The molecule has 0 saturated heterocycles. The van der Waals surface area contributed by atoms with Gasteiger partial charge in [0.05, 0.1) is 26.1 Å². The van der Waals surface area contributed by atoms with Crippen LogP contribution in [0.1, 0.15) is 39.7 Å². The highest BCUT2D eigenvalue weighted by atomic mass is 32.2. The topological polar surface area (TPSA) is 104 Å². The van der Waals surface area contributed by atoms with Crippen molar-refractivity contribution in [1.82, 2.24) is 5.01 Å². The zero-order valence-corrected chi connectivity index (χ0v) is 24.7. The van der Waals surface area contributed by atoms with Crippen LogP contribution in [0.5, 0.6) is 0 Å². The molecule has 0 N–H and O–H groups in total. The second-order valence-corrected chi connectivity index (χ2v) is 16.8. The number of hydrazone groups is 1. The molecule has 1 aliphatic rings. The number of carbonyl (C=O) groups excluding carboxylic acids is 1. The van der Waals surface area contributed by atoms with Crippen LogP contribution in [0, 0.1) is 17.8 Å². The summed E-state index contributed by atoms with van der Waals surface area (Å²) in [7, 11) is -5.94. The van der Waals surface area contributed by atoms with Crippen LogP contribution in [0.15, 0.2) is 35.4 Å². The Morgan fingerprint density at radius 1 is 1.22 bits per heavy atom. The van der Waals surface area contributed by atoms with E-state index in [-0.39, 0.29) is 24.2 Å². The lowest BCUT2D eigenvalue weighted by Crippen LogP contribution is -2.47. The van der Waals surface area contributed by atoms with E-state index in [2.05, 4.69) is 50.8 Å². The summed E-state index contributed by atoms with van der Waals surface area (Å²) >= 11 is 0. The lowest BCUT2D eigenvalue weighted by Gasteiger charge is -2.35. The van der Waals surface area contributed by atoms with E-state index < -0.39 is 36.7 Å². The molecule has 0 radical (unpaired) electrons. The lowest BCUT2D eigenvalue weighted by atomic mass is 9.94. The number of nitrogens with zero attached hydrogens (tertiary/aromatic N) is 2. The molecule has 0 aromatic heterocycles. The molecule has 11 heteroatoms. The van der Waals surface area contributed by atoms with Gasteiger partial charge in [0.1, 0.15) is 6.04 Å². The quantitative estimate of drug-likeness (QED) is 0.173. The van der Waals surface area contributed by atoms with Gasteiger partial charge in [-0.15, -0.1) is 0 Å². The molecule has 0 spiro atoms. The van der Waals surface area contributed by atoms with Gasteiger partial charge in [0, 0.05) is 18.7 Å². The number of benzene rings is 1. The fourth-order valence-corrected chi connectivity index (χ4v) is 4.78. The molecule has 0 saturated carbocycles. The van der Waals surface area contributed by atoms with Crippen molar-refractivity contribution in [2.75, 3.05) is 26.1 Å². The summed E-state index contributed by atoms with van der Waals surface area (Å²) in [6, 6.07) is 8.95. The van der Waals surface area contributed by atoms with Gasteiger partial charge in [-0.2, -0.15) is 18.5 Å². The van der Waals surface area contributed by atoms with Crippen molar-refractivity contribution in [3.8, 4) is 11.8 Å². The zero-order valence-electron chi connectivity index (χ0n) is 22.9. The molecule has 0 fully saturated rings. The van der Waals surface area contributed by atoms with Crippen LogP contribution in [0.25, 0.3) is 0 Å². The van der Waals surface area contributed by atoms with E-state index in [9.17, 15) is 13.2 Å². The number of rotatable bonds is 11. The molecule has 1 unspecified atom stereocenters. The largest absolute Gasteiger partial charge is 0.448 e. The minimum Gasteiger partial charge on any atom is -0.448 e. The SMILES string of the molecule is CCOC(=O)N1N=C[C@@H](CCOCc2ccccc2)[C@@H]1C(C#CCO[Si](C)(C)C(C)(C)C)OS(C)(=O)=O. The van der Waals surface area contributed by atoms with Crippen LogP contribution in [-0.2, 0) is 34.8 Å². The van der Waals surface area contributed by atoms with Crippen molar-refractivity contribution in [3.05, 3.63) is 35.9 Å². The van der Waals surface area contributed by atoms with E-state index in [0.29, 0.717) is 19.6 Å². The molecule has 1 aromatic rings. The van der Waals surface area contributed by atoms with Gasteiger partial charge in [-0.3, -0.25) is 4.18 Å². The van der Waals surface area contributed by atoms with Crippen molar-refractivity contribution in [2.45, 2.75) is 71.0 Å². The van der Waals surface area contributed by atoms with Gasteiger partial charge in [-0.1, -0.05) is 62.9 Å². The van der Waals surface area contributed by atoms with E-state index >= 15 is 0 Å². The van der Waals surface area contributed by atoms with Crippen LogP contribution >= 0.6 is 0 Å². The van der Waals surface area contributed by atoms with Crippen molar-refractivity contribution in [3.63, 3.8) is 0 Å². The molecule has 2 rings (SSSR count). The third-order valence-corrected chi connectivity index (χ3v) is 11.4. The first-order chi connectivity index (χ1) is 17.2. The van der Waals surface area contributed by atoms with Gasteiger partial charge in [0.25, 0.3) is 10.1 Å². The molecule has 1 heterocycles. The first kappa shape index (κ1) is 31.0. The standard InChI is InChI=1S/C26H40N2O7SSi/c1-8-33-25(29)28-24(22(19-27-28)16-18-32-20-21-13-10-9-11-14-21)23(35-36(5,30)31)15-12-17-34-37(6,7)26(2,3)4/h9-11,13-14,19,22-24H,8,16-18,20H2,1-7H3/t22-,23?,24-/m1/s1. The maximum atomic E-state index is 12.6. The average molecular weight is 553 g/mol. The highest BCUT2D eigenvalue weighted by Crippen LogP contribution is 2.36. The van der Waals surface area contributed by atoms with Gasteiger partial charge >= 0.3 is 6.09 Å². The minimum atomic E-state index is -3.90. The molecule has 206 valence electrons. The Morgan fingerprint density at radius 3 is 2.49 bits per heavy atom. The molecule has 1 amide bonds. The lowest BCUT2D eigenvalue weighted by molar-refractivity contribution is 0.0540. The van der Waals surface area contributed by atoms with E-state index in [0.717, 1.165) is 16.8 Å². The van der Waals surface area contributed by atoms with E-state index in [1.54, 1.807) is 13.1 Å². The third-order valence-electron chi connectivity index (χ3n) is 6.41. The maximum absolute atomic E-state index is 12.6. The number of hydrogen-bond donors (Lipinski definition) is 0. The Labute approximate surface area is 222 Å². The summed E-state index contributed by atoms with van der Waals surface area (Å²) in [5.41, 5.74) is 1.04. The van der Waals surface area contributed by atoms with Crippen LogP contribution in [0.2, 0.25) is 18.1 Å². The van der Waals surface area contributed by atoms with Crippen LogP contribution < -0.4 is 0 Å². The minimum absolute atomic E-state index is 0.00217. The van der Waals surface area contributed by atoms with Crippen LogP contribution in [-0.4, -0.2) is 72.3 Å². The maximum Gasteiger partial charge on any atom is 0.430 e. The van der Waals surface area contributed by atoms with Gasteiger partial charge in [-0.25, -0.2) is 4.79 Å². The Bertz CT molecular complexity index is 1080. The van der Waals surface area contributed by atoms with Gasteiger partial charge in [-0.05, 0) is 37.0 Å². The highest BCUT2D eigenvalue weighted by Gasteiger charge is 2.43. The van der Waals surface area contributed by atoms with E-state index in [1.165, 1.54) is 0 Å². The van der Waals surface area contributed by atoms with Crippen molar-refractivity contribution in [1.29, 1.82) is 0 Å². The fourth-order valence-electron chi connectivity index (χ4n) is 3.37. The number of ether oxygens (including phenoxy) is 2. The normalized spacial score (nSPS) is 18.8. The summed E-state index contributed by atoms with van der Waals surface area (Å²) in [6.07, 6.45) is 1.17. The first-order valence-corrected chi connectivity index (χ1v) is 17.1. The Balaban J connectivity index is 2.21. The number of amides is 1. The smallest absolute Gasteiger partial charge is 0.430 e. The van der Waals surface area contributed by atoms with Crippen LogP contribution in [0.3, 0.4) is 0 Å². The summed E-state index contributed by atoms with van der Waals surface area (Å²) < 4.78 is 46.7. The first-order valence-electron chi connectivity index (χ1n) is 12.4. The Hall–Kier alpha value is -2.23. The summed E-state index contributed by atoms with van der Waals surface area (Å²) in [6.45, 7) is 13.3. The van der Waals surface area contributed by atoms with Crippen molar-refractivity contribution >= 4 is 30.7 Å². The molecule has 9 nitrogen and oxygen atoms in total. The molecule has 1 aromatic carbocycles. The predicted molar refractivity (Wildman–Crippen MR) is 146 cm³/mol. The van der Waals surface area contributed by atoms with E-state index in [4.69, 9.17) is 18.1 Å². The predicted octanol–water partition coefficient (Wildman–Crippen LogP) is 4.41.